The van der Waals surface area contributed by atoms with E-state index in [2.05, 4.69) is 28.2 Å². The van der Waals surface area contributed by atoms with Crippen molar-refractivity contribution in [3.05, 3.63) is 46.4 Å². The minimum atomic E-state index is 0.259. The highest BCUT2D eigenvalue weighted by Gasteiger charge is 2.12. The third kappa shape index (κ3) is 5.06. The summed E-state index contributed by atoms with van der Waals surface area (Å²) in [5.41, 5.74) is 2.03. The van der Waals surface area contributed by atoms with E-state index in [0.717, 1.165) is 33.6 Å². The van der Waals surface area contributed by atoms with Gasteiger partial charge in [0.1, 0.15) is 5.75 Å². The van der Waals surface area contributed by atoms with Crippen molar-refractivity contribution < 1.29 is 14.6 Å². The second-order valence-electron chi connectivity index (χ2n) is 5.09. The van der Waals surface area contributed by atoms with E-state index in [0.29, 0.717) is 19.8 Å². The van der Waals surface area contributed by atoms with Crippen LogP contribution in [0.1, 0.15) is 25.8 Å². The lowest BCUT2D eigenvalue weighted by atomic mass is 10.2. The van der Waals surface area contributed by atoms with Crippen LogP contribution < -0.4 is 14.8 Å². The Labute approximate surface area is 145 Å². The van der Waals surface area contributed by atoms with Crippen LogP contribution in [0.5, 0.6) is 17.2 Å². The van der Waals surface area contributed by atoms with Gasteiger partial charge in [0, 0.05) is 12.2 Å². The zero-order valence-corrected chi connectivity index (χ0v) is 15.0. The fourth-order valence-corrected chi connectivity index (χ4v) is 2.72. The molecule has 2 aromatic carbocycles. The molecule has 124 valence electrons. The standard InChI is InChI=1S/C18H22BrNO3/c1-3-9-23-18-16(19)10-13(11-17(18)22-4-2)12-20-14-5-7-15(21)8-6-14/h5-8,10-11,20-21H,3-4,9,12H2,1-2H3. The first kappa shape index (κ1) is 17.5. The molecular formula is C18H22BrNO3. The Kier molecular flexibility index (Phi) is 6.59. The van der Waals surface area contributed by atoms with E-state index in [-0.39, 0.29) is 5.75 Å². The molecule has 4 nitrogen and oxygen atoms in total. The normalized spacial score (nSPS) is 10.4. The predicted octanol–water partition coefficient (Wildman–Crippen LogP) is 4.95. The first-order valence-corrected chi connectivity index (χ1v) is 8.54. The predicted molar refractivity (Wildman–Crippen MR) is 96.5 cm³/mol. The number of hydrogen-bond donors (Lipinski definition) is 2. The number of phenolic OH excluding ortho intramolecular Hbond substituents is 1. The molecule has 0 amide bonds. The van der Waals surface area contributed by atoms with Crippen molar-refractivity contribution in [2.75, 3.05) is 18.5 Å². The molecule has 0 aromatic heterocycles. The van der Waals surface area contributed by atoms with Crippen LogP contribution in [0.25, 0.3) is 0 Å². The largest absolute Gasteiger partial charge is 0.508 e. The number of benzene rings is 2. The molecule has 0 saturated carbocycles. The molecule has 0 spiro atoms. The van der Waals surface area contributed by atoms with Gasteiger partial charge in [-0.2, -0.15) is 0 Å². The molecular weight excluding hydrogens is 358 g/mol. The van der Waals surface area contributed by atoms with Gasteiger partial charge < -0.3 is 19.9 Å². The van der Waals surface area contributed by atoms with Crippen molar-refractivity contribution in [1.29, 1.82) is 0 Å². The Morgan fingerprint density at radius 2 is 1.83 bits per heavy atom. The summed E-state index contributed by atoms with van der Waals surface area (Å²) in [6.45, 7) is 5.92. The van der Waals surface area contributed by atoms with Crippen molar-refractivity contribution in [3.8, 4) is 17.2 Å². The molecule has 0 saturated heterocycles. The second-order valence-corrected chi connectivity index (χ2v) is 5.94. The fourth-order valence-electron chi connectivity index (χ4n) is 2.11. The molecule has 2 aromatic rings. The lowest BCUT2D eigenvalue weighted by molar-refractivity contribution is 0.275. The summed E-state index contributed by atoms with van der Waals surface area (Å²) in [5, 5.41) is 12.6. The zero-order valence-electron chi connectivity index (χ0n) is 13.4. The van der Waals surface area contributed by atoms with E-state index in [1.807, 2.05) is 31.2 Å². The topological polar surface area (TPSA) is 50.7 Å². The van der Waals surface area contributed by atoms with E-state index in [9.17, 15) is 5.11 Å². The summed E-state index contributed by atoms with van der Waals surface area (Å²) in [4.78, 5) is 0. The summed E-state index contributed by atoms with van der Waals surface area (Å²) in [6, 6.07) is 11.0. The third-order valence-corrected chi connectivity index (χ3v) is 3.77. The molecule has 23 heavy (non-hydrogen) atoms. The molecule has 0 radical (unpaired) electrons. The van der Waals surface area contributed by atoms with Gasteiger partial charge in [-0.3, -0.25) is 0 Å². The average molecular weight is 380 g/mol. The van der Waals surface area contributed by atoms with Crippen LogP contribution in [0.4, 0.5) is 5.69 Å². The number of aromatic hydroxyl groups is 1. The first-order valence-electron chi connectivity index (χ1n) is 7.75. The molecule has 5 heteroatoms. The molecule has 0 aliphatic carbocycles. The Morgan fingerprint density at radius 3 is 2.48 bits per heavy atom. The molecule has 0 bridgehead atoms. The number of hydrogen-bond acceptors (Lipinski definition) is 4. The molecule has 0 atom stereocenters. The number of nitrogens with one attached hydrogen (secondary N) is 1. The van der Waals surface area contributed by atoms with Gasteiger partial charge in [-0.05, 0) is 71.2 Å². The van der Waals surface area contributed by atoms with Crippen molar-refractivity contribution in [1.82, 2.24) is 0 Å². The lowest BCUT2D eigenvalue weighted by Crippen LogP contribution is -2.04. The van der Waals surface area contributed by atoms with Crippen molar-refractivity contribution in [3.63, 3.8) is 0 Å². The Morgan fingerprint density at radius 1 is 1.09 bits per heavy atom. The molecule has 0 aliphatic heterocycles. The Balaban J connectivity index is 2.13. The maximum atomic E-state index is 9.31. The Bertz CT molecular complexity index is 629. The van der Waals surface area contributed by atoms with Gasteiger partial charge in [-0.25, -0.2) is 0 Å². The van der Waals surface area contributed by atoms with Gasteiger partial charge >= 0.3 is 0 Å². The summed E-state index contributed by atoms with van der Waals surface area (Å²) >= 11 is 3.57. The van der Waals surface area contributed by atoms with Gasteiger partial charge in [0.25, 0.3) is 0 Å². The lowest BCUT2D eigenvalue weighted by Gasteiger charge is -2.15. The van der Waals surface area contributed by atoms with Gasteiger partial charge in [-0.1, -0.05) is 6.92 Å². The maximum absolute atomic E-state index is 9.31. The summed E-state index contributed by atoms with van der Waals surface area (Å²) in [5.74, 6) is 1.76. The van der Waals surface area contributed by atoms with Crippen LogP contribution in [0.15, 0.2) is 40.9 Å². The molecule has 0 unspecified atom stereocenters. The highest BCUT2D eigenvalue weighted by atomic mass is 79.9. The van der Waals surface area contributed by atoms with Gasteiger partial charge in [-0.15, -0.1) is 0 Å². The van der Waals surface area contributed by atoms with Crippen LogP contribution in [0.3, 0.4) is 0 Å². The minimum Gasteiger partial charge on any atom is -0.508 e. The molecule has 0 heterocycles. The SMILES string of the molecule is CCCOc1c(Br)cc(CNc2ccc(O)cc2)cc1OCC. The third-order valence-electron chi connectivity index (χ3n) is 3.18. The van der Waals surface area contributed by atoms with E-state index >= 15 is 0 Å². The van der Waals surface area contributed by atoms with Crippen LogP contribution in [0.2, 0.25) is 0 Å². The Hall–Kier alpha value is -1.88. The average Bonchev–Trinajstić information content (AvgIpc) is 2.54. The quantitative estimate of drug-likeness (QED) is 0.636. The monoisotopic (exact) mass is 379 g/mol. The first-order chi connectivity index (χ1) is 11.1. The summed E-state index contributed by atoms with van der Waals surface area (Å²) in [7, 11) is 0. The van der Waals surface area contributed by atoms with Gasteiger partial charge in [0.05, 0.1) is 17.7 Å². The fraction of sp³-hybridized carbons (Fsp3) is 0.333. The van der Waals surface area contributed by atoms with Crippen molar-refractivity contribution >= 4 is 21.6 Å². The summed E-state index contributed by atoms with van der Waals surface area (Å²) in [6.07, 6.45) is 0.947. The highest BCUT2D eigenvalue weighted by molar-refractivity contribution is 9.10. The number of ether oxygens (including phenoxy) is 2. The number of anilines is 1. The van der Waals surface area contributed by atoms with Crippen LogP contribution in [-0.4, -0.2) is 18.3 Å². The van der Waals surface area contributed by atoms with Crippen LogP contribution in [-0.2, 0) is 6.54 Å². The smallest absolute Gasteiger partial charge is 0.175 e. The summed E-state index contributed by atoms with van der Waals surface area (Å²) < 4.78 is 12.4. The van der Waals surface area contributed by atoms with Gasteiger partial charge in [0.2, 0.25) is 0 Å². The van der Waals surface area contributed by atoms with E-state index in [4.69, 9.17) is 9.47 Å². The highest BCUT2D eigenvalue weighted by Crippen LogP contribution is 2.37. The molecule has 2 N–H and O–H groups in total. The van der Waals surface area contributed by atoms with Crippen molar-refractivity contribution in [2.45, 2.75) is 26.8 Å². The maximum Gasteiger partial charge on any atom is 0.175 e. The second kappa shape index (κ2) is 8.67. The number of phenols is 1. The van der Waals surface area contributed by atoms with E-state index in [1.54, 1.807) is 12.1 Å². The minimum absolute atomic E-state index is 0.259. The van der Waals surface area contributed by atoms with Crippen LogP contribution in [0, 0.1) is 0 Å². The van der Waals surface area contributed by atoms with Gasteiger partial charge in [0.15, 0.2) is 11.5 Å². The number of rotatable bonds is 8. The van der Waals surface area contributed by atoms with Crippen molar-refractivity contribution in [2.24, 2.45) is 0 Å². The molecule has 2 rings (SSSR count). The molecule has 0 fully saturated rings. The molecule has 0 aliphatic rings. The van der Waals surface area contributed by atoms with E-state index < -0.39 is 0 Å². The van der Waals surface area contributed by atoms with Crippen LogP contribution >= 0.6 is 15.9 Å². The number of halogens is 1. The van der Waals surface area contributed by atoms with E-state index in [1.165, 1.54) is 0 Å². The zero-order chi connectivity index (χ0) is 16.7.